The highest BCUT2D eigenvalue weighted by molar-refractivity contribution is 6.27. The Balaban J connectivity index is 2.59. The summed E-state index contributed by atoms with van der Waals surface area (Å²) in [5.74, 6) is -1.21. The number of aryl methyl sites for hydroxylation is 1. The number of hydrogen-bond acceptors (Lipinski definition) is 3. The highest BCUT2D eigenvalue weighted by Crippen LogP contribution is 2.32. The van der Waals surface area contributed by atoms with Gasteiger partial charge < -0.3 is 5.11 Å². The first-order valence-corrected chi connectivity index (χ1v) is 5.78. The Hall–Kier alpha value is -2.16. The van der Waals surface area contributed by atoms with Crippen molar-refractivity contribution >= 4 is 17.1 Å². The standard InChI is InChI=1S/C15H14O3/c1-3-10(11-7-5-4-6-9(11)2)14-12(16)8-13(17)15(14)18/h3-7,18H,8H2,1-2H3/b10-3+. The van der Waals surface area contributed by atoms with Crippen molar-refractivity contribution in [1.82, 2.24) is 0 Å². The van der Waals surface area contributed by atoms with Gasteiger partial charge >= 0.3 is 0 Å². The zero-order chi connectivity index (χ0) is 13.3. The van der Waals surface area contributed by atoms with Gasteiger partial charge in [-0.2, -0.15) is 0 Å². The number of Topliss-reactive ketones (excluding diaryl/α,β-unsaturated/α-hetero) is 2. The average molecular weight is 242 g/mol. The highest BCUT2D eigenvalue weighted by atomic mass is 16.3. The fourth-order valence-electron chi connectivity index (χ4n) is 2.18. The molecule has 0 saturated carbocycles. The van der Waals surface area contributed by atoms with Gasteiger partial charge in [0.15, 0.2) is 11.5 Å². The molecule has 0 saturated heterocycles. The van der Waals surface area contributed by atoms with Crippen molar-refractivity contribution in [3.63, 3.8) is 0 Å². The first kappa shape index (κ1) is 12.3. The van der Waals surface area contributed by atoms with E-state index in [2.05, 4.69) is 0 Å². The summed E-state index contributed by atoms with van der Waals surface area (Å²) in [4.78, 5) is 23.2. The smallest absolute Gasteiger partial charge is 0.205 e. The van der Waals surface area contributed by atoms with Crippen LogP contribution in [0.5, 0.6) is 0 Å². The quantitative estimate of drug-likeness (QED) is 0.811. The molecule has 18 heavy (non-hydrogen) atoms. The molecule has 0 spiro atoms. The van der Waals surface area contributed by atoms with E-state index in [9.17, 15) is 14.7 Å². The number of allylic oxidation sites excluding steroid dienone is 4. The minimum atomic E-state index is -0.497. The molecule has 92 valence electrons. The fraction of sp³-hybridized carbons (Fsp3) is 0.200. The van der Waals surface area contributed by atoms with E-state index in [1.165, 1.54) is 0 Å². The SMILES string of the molecule is C/C=C(/C1=C(O)C(=O)CC1=O)c1ccccc1C. The Morgan fingerprint density at radius 3 is 2.39 bits per heavy atom. The molecule has 0 fully saturated rings. The largest absolute Gasteiger partial charge is 0.504 e. The van der Waals surface area contributed by atoms with Crippen molar-refractivity contribution in [3.8, 4) is 0 Å². The van der Waals surface area contributed by atoms with Gasteiger partial charge in [0.25, 0.3) is 0 Å². The summed E-state index contributed by atoms with van der Waals surface area (Å²) >= 11 is 0. The molecule has 1 aliphatic rings. The van der Waals surface area contributed by atoms with Gasteiger partial charge in [-0.15, -0.1) is 0 Å². The molecule has 0 amide bonds. The van der Waals surface area contributed by atoms with Gasteiger partial charge in [0.05, 0.1) is 12.0 Å². The second-order valence-corrected chi connectivity index (χ2v) is 4.26. The highest BCUT2D eigenvalue weighted by Gasteiger charge is 2.33. The molecule has 1 aliphatic carbocycles. The van der Waals surface area contributed by atoms with E-state index in [0.717, 1.165) is 11.1 Å². The van der Waals surface area contributed by atoms with Crippen LogP contribution in [0.3, 0.4) is 0 Å². The molecule has 0 bridgehead atoms. The van der Waals surface area contributed by atoms with Crippen LogP contribution in [0.15, 0.2) is 41.7 Å². The van der Waals surface area contributed by atoms with E-state index < -0.39 is 11.5 Å². The molecule has 1 aromatic carbocycles. The lowest BCUT2D eigenvalue weighted by molar-refractivity contribution is -0.121. The van der Waals surface area contributed by atoms with Crippen LogP contribution < -0.4 is 0 Å². The van der Waals surface area contributed by atoms with Crippen LogP contribution in [-0.2, 0) is 9.59 Å². The van der Waals surface area contributed by atoms with Gasteiger partial charge in [0.1, 0.15) is 0 Å². The van der Waals surface area contributed by atoms with Crippen molar-refractivity contribution in [1.29, 1.82) is 0 Å². The number of carbonyl (C=O) groups is 2. The molecule has 0 atom stereocenters. The summed E-state index contributed by atoms with van der Waals surface area (Å²) in [6, 6.07) is 7.57. The number of aliphatic hydroxyl groups is 1. The molecular formula is C15H14O3. The van der Waals surface area contributed by atoms with E-state index in [4.69, 9.17) is 0 Å². The monoisotopic (exact) mass is 242 g/mol. The van der Waals surface area contributed by atoms with Gasteiger partial charge in [-0.3, -0.25) is 9.59 Å². The molecule has 3 heteroatoms. The zero-order valence-corrected chi connectivity index (χ0v) is 10.4. The minimum absolute atomic E-state index is 0.150. The number of ketones is 2. The van der Waals surface area contributed by atoms with Crippen molar-refractivity contribution in [2.24, 2.45) is 0 Å². The summed E-state index contributed by atoms with van der Waals surface area (Å²) in [6.45, 7) is 3.72. The van der Waals surface area contributed by atoms with Crippen molar-refractivity contribution < 1.29 is 14.7 Å². The van der Waals surface area contributed by atoms with Crippen molar-refractivity contribution in [3.05, 3.63) is 52.8 Å². The molecule has 0 heterocycles. The van der Waals surface area contributed by atoms with Gasteiger partial charge in [-0.25, -0.2) is 0 Å². The lowest BCUT2D eigenvalue weighted by Crippen LogP contribution is -2.01. The number of rotatable bonds is 2. The maximum atomic E-state index is 11.8. The van der Waals surface area contributed by atoms with Gasteiger partial charge in [0.2, 0.25) is 5.78 Å². The molecule has 0 aromatic heterocycles. The summed E-state index contributed by atoms with van der Waals surface area (Å²) < 4.78 is 0. The molecule has 0 unspecified atom stereocenters. The molecule has 0 radical (unpaired) electrons. The summed E-state index contributed by atoms with van der Waals surface area (Å²) in [5.41, 5.74) is 2.64. The lowest BCUT2D eigenvalue weighted by Gasteiger charge is -2.10. The van der Waals surface area contributed by atoms with Gasteiger partial charge in [-0.1, -0.05) is 30.3 Å². The van der Waals surface area contributed by atoms with Crippen LogP contribution in [0.2, 0.25) is 0 Å². The number of carbonyl (C=O) groups excluding carboxylic acids is 2. The average Bonchev–Trinajstić information content (AvgIpc) is 2.59. The molecule has 3 nitrogen and oxygen atoms in total. The molecular weight excluding hydrogens is 228 g/mol. The van der Waals surface area contributed by atoms with E-state index in [1.54, 1.807) is 13.0 Å². The summed E-state index contributed by atoms with van der Waals surface area (Å²) in [6.07, 6.45) is 1.52. The van der Waals surface area contributed by atoms with E-state index in [1.807, 2.05) is 31.2 Å². The maximum Gasteiger partial charge on any atom is 0.205 e. The topological polar surface area (TPSA) is 54.4 Å². The van der Waals surface area contributed by atoms with Crippen LogP contribution >= 0.6 is 0 Å². The second kappa shape index (κ2) is 4.61. The lowest BCUT2D eigenvalue weighted by atomic mass is 9.93. The predicted octanol–water partition coefficient (Wildman–Crippen LogP) is 2.75. The van der Waals surface area contributed by atoms with Crippen LogP contribution in [-0.4, -0.2) is 16.7 Å². The first-order valence-electron chi connectivity index (χ1n) is 5.78. The zero-order valence-electron chi connectivity index (χ0n) is 10.4. The Morgan fingerprint density at radius 1 is 1.22 bits per heavy atom. The Kier molecular flexibility index (Phi) is 3.15. The van der Waals surface area contributed by atoms with Crippen molar-refractivity contribution in [2.45, 2.75) is 20.3 Å². The molecule has 1 aromatic rings. The molecule has 1 N–H and O–H groups in total. The van der Waals surface area contributed by atoms with Crippen LogP contribution in [0.25, 0.3) is 5.57 Å². The third-order valence-corrected chi connectivity index (χ3v) is 3.09. The normalized spacial score (nSPS) is 16.7. The molecule has 0 aliphatic heterocycles. The third-order valence-electron chi connectivity index (χ3n) is 3.09. The third kappa shape index (κ3) is 1.88. The van der Waals surface area contributed by atoms with Gasteiger partial charge in [0, 0.05) is 0 Å². The molecule has 2 rings (SSSR count). The summed E-state index contributed by atoms with van der Waals surface area (Å²) in [7, 11) is 0. The summed E-state index contributed by atoms with van der Waals surface area (Å²) in [5, 5.41) is 9.75. The predicted molar refractivity (Wildman–Crippen MR) is 69.1 cm³/mol. The fourth-order valence-corrected chi connectivity index (χ4v) is 2.18. The first-order chi connectivity index (χ1) is 8.56. The van der Waals surface area contributed by atoms with Gasteiger partial charge in [-0.05, 0) is 30.5 Å². The number of hydrogen-bond donors (Lipinski definition) is 1. The van der Waals surface area contributed by atoms with Crippen LogP contribution in [0.1, 0.15) is 24.5 Å². The number of benzene rings is 1. The second-order valence-electron chi connectivity index (χ2n) is 4.26. The van der Waals surface area contributed by atoms with Crippen LogP contribution in [0.4, 0.5) is 0 Å². The Bertz CT molecular complexity index is 592. The Morgan fingerprint density at radius 2 is 1.89 bits per heavy atom. The Labute approximate surface area is 105 Å². The van der Waals surface area contributed by atoms with E-state index >= 15 is 0 Å². The minimum Gasteiger partial charge on any atom is -0.504 e. The van der Waals surface area contributed by atoms with E-state index in [0.29, 0.717) is 5.57 Å². The van der Waals surface area contributed by atoms with Crippen molar-refractivity contribution in [2.75, 3.05) is 0 Å². The number of aliphatic hydroxyl groups excluding tert-OH is 1. The maximum absolute atomic E-state index is 11.8. The van der Waals surface area contributed by atoms with E-state index in [-0.39, 0.29) is 17.8 Å². The van der Waals surface area contributed by atoms with Crippen LogP contribution in [0, 0.1) is 6.92 Å².